The molecule has 104 valence electrons. The lowest BCUT2D eigenvalue weighted by atomic mass is 9.78. The van der Waals surface area contributed by atoms with E-state index in [0.717, 1.165) is 12.3 Å². The zero-order valence-electron chi connectivity index (χ0n) is 12.8. The average molecular weight is 260 g/mol. The third-order valence-electron chi connectivity index (χ3n) is 3.72. The molecule has 0 fully saturated rings. The van der Waals surface area contributed by atoms with E-state index in [1.165, 1.54) is 22.3 Å². The van der Waals surface area contributed by atoms with Crippen LogP contribution >= 0.6 is 0 Å². The fraction of sp³-hybridized carbons (Fsp3) is 0.562. The van der Waals surface area contributed by atoms with Gasteiger partial charge in [0, 0.05) is 12.0 Å². The van der Waals surface area contributed by atoms with E-state index < -0.39 is 0 Å². The molecule has 0 aliphatic rings. The predicted molar refractivity (Wildman–Crippen MR) is 78.7 cm³/mol. The van der Waals surface area contributed by atoms with Crippen molar-refractivity contribution in [1.29, 1.82) is 5.26 Å². The summed E-state index contributed by atoms with van der Waals surface area (Å²) >= 11 is 0. The van der Waals surface area contributed by atoms with Crippen LogP contribution in [-0.4, -0.2) is 20.2 Å². The van der Waals surface area contributed by atoms with Gasteiger partial charge >= 0.3 is 0 Å². The number of aryl methyl sites for hydroxylation is 1. The average Bonchev–Trinajstić information content (AvgIpc) is 2.33. The maximum Gasteiger partial charge on any atom is 0.122 e. The van der Waals surface area contributed by atoms with Crippen molar-refractivity contribution < 1.29 is 4.74 Å². The molecular weight excluding hydrogens is 236 g/mol. The van der Waals surface area contributed by atoms with Crippen LogP contribution in [0.25, 0.3) is 0 Å². The summed E-state index contributed by atoms with van der Waals surface area (Å²) in [7, 11) is 1.71. The van der Waals surface area contributed by atoms with Gasteiger partial charge in [-0.25, -0.2) is 0 Å². The smallest absolute Gasteiger partial charge is 0.122 e. The quantitative estimate of drug-likeness (QED) is 0.654. The summed E-state index contributed by atoms with van der Waals surface area (Å²) in [5, 5.41) is 11.8. The Morgan fingerprint density at radius 1 is 1.26 bits per heavy atom. The van der Waals surface area contributed by atoms with Crippen LogP contribution in [-0.2, 0) is 5.41 Å². The van der Waals surface area contributed by atoms with Crippen LogP contribution in [0, 0.1) is 32.1 Å². The van der Waals surface area contributed by atoms with E-state index >= 15 is 0 Å². The van der Waals surface area contributed by atoms with Crippen LogP contribution in [0.3, 0.4) is 0 Å². The second-order valence-electron chi connectivity index (χ2n) is 5.67. The van der Waals surface area contributed by atoms with Crippen LogP contribution in [0.15, 0.2) is 6.07 Å². The first kappa shape index (κ1) is 15.5. The maximum atomic E-state index is 8.63. The molecule has 0 aliphatic carbocycles. The van der Waals surface area contributed by atoms with Crippen LogP contribution in [0.2, 0.25) is 0 Å². The highest BCUT2D eigenvalue weighted by atomic mass is 16.5. The van der Waals surface area contributed by atoms with E-state index in [9.17, 15) is 0 Å². The topological polar surface area (TPSA) is 45.0 Å². The Bertz CT molecular complexity index is 498. The molecule has 0 bridgehead atoms. The number of nitriles is 1. The normalized spacial score (nSPS) is 11.2. The molecule has 0 radical (unpaired) electrons. The highest BCUT2D eigenvalue weighted by Crippen LogP contribution is 2.35. The lowest BCUT2D eigenvalue weighted by molar-refractivity contribution is 0.409. The fourth-order valence-corrected chi connectivity index (χ4v) is 2.82. The van der Waals surface area contributed by atoms with Crippen molar-refractivity contribution in [2.24, 2.45) is 0 Å². The van der Waals surface area contributed by atoms with E-state index in [4.69, 9.17) is 10.00 Å². The molecule has 0 amide bonds. The van der Waals surface area contributed by atoms with E-state index in [1.807, 2.05) is 0 Å². The summed E-state index contributed by atoms with van der Waals surface area (Å²) in [6.07, 6.45) is 0. The third-order valence-corrected chi connectivity index (χ3v) is 3.72. The van der Waals surface area contributed by atoms with Crippen molar-refractivity contribution in [1.82, 2.24) is 5.32 Å². The monoisotopic (exact) mass is 260 g/mol. The summed E-state index contributed by atoms with van der Waals surface area (Å²) in [6.45, 7) is 11.9. The van der Waals surface area contributed by atoms with Gasteiger partial charge in [-0.15, -0.1) is 0 Å². The van der Waals surface area contributed by atoms with Crippen LogP contribution in [0.1, 0.15) is 36.1 Å². The number of rotatable bonds is 5. The zero-order valence-corrected chi connectivity index (χ0v) is 12.8. The molecule has 0 aliphatic heterocycles. The lowest BCUT2D eigenvalue weighted by Crippen LogP contribution is -2.34. The van der Waals surface area contributed by atoms with Crippen molar-refractivity contribution in [2.75, 3.05) is 20.2 Å². The molecule has 3 heteroatoms. The van der Waals surface area contributed by atoms with Gasteiger partial charge in [-0.1, -0.05) is 13.8 Å². The van der Waals surface area contributed by atoms with E-state index in [-0.39, 0.29) is 5.41 Å². The molecule has 1 aromatic carbocycles. The first-order valence-corrected chi connectivity index (χ1v) is 6.58. The molecule has 0 heterocycles. The van der Waals surface area contributed by atoms with Crippen molar-refractivity contribution in [3.05, 3.63) is 28.3 Å². The van der Waals surface area contributed by atoms with E-state index in [0.29, 0.717) is 6.54 Å². The minimum absolute atomic E-state index is 0.0119. The summed E-state index contributed by atoms with van der Waals surface area (Å²) in [5.74, 6) is 0.944. The Morgan fingerprint density at radius 2 is 1.89 bits per heavy atom. The first-order valence-electron chi connectivity index (χ1n) is 6.58. The Kier molecular flexibility index (Phi) is 4.97. The van der Waals surface area contributed by atoms with Gasteiger partial charge in [0.2, 0.25) is 0 Å². The van der Waals surface area contributed by atoms with Crippen molar-refractivity contribution in [3.63, 3.8) is 0 Å². The predicted octanol–water partition coefficient (Wildman–Crippen LogP) is 3.01. The molecule has 19 heavy (non-hydrogen) atoms. The van der Waals surface area contributed by atoms with Gasteiger partial charge < -0.3 is 10.1 Å². The van der Waals surface area contributed by atoms with Gasteiger partial charge in [0.05, 0.1) is 19.7 Å². The molecule has 0 unspecified atom stereocenters. The standard InChI is InChI=1S/C16H24N2O/c1-11-9-14(19-6)12(2)13(3)15(11)16(4,5)10-18-8-7-17/h9,18H,8,10H2,1-6H3. The van der Waals surface area contributed by atoms with E-state index in [1.54, 1.807) is 7.11 Å². The van der Waals surface area contributed by atoms with Crippen LogP contribution in [0.5, 0.6) is 5.75 Å². The summed E-state index contributed by atoms with van der Waals surface area (Å²) < 4.78 is 5.41. The third kappa shape index (κ3) is 3.27. The SMILES string of the molecule is COc1cc(C)c(C(C)(C)CNCC#N)c(C)c1C. The summed E-state index contributed by atoms with van der Waals surface area (Å²) in [4.78, 5) is 0. The van der Waals surface area contributed by atoms with Crippen molar-refractivity contribution in [3.8, 4) is 11.8 Å². The Morgan fingerprint density at radius 3 is 2.42 bits per heavy atom. The van der Waals surface area contributed by atoms with Gasteiger partial charge in [-0.05, 0) is 49.1 Å². The number of hydrogen-bond donors (Lipinski definition) is 1. The largest absolute Gasteiger partial charge is 0.496 e. The number of nitrogens with zero attached hydrogens (tertiary/aromatic N) is 1. The van der Waals surface area contributed by atoms with Gasteiger partial charge in [-0.2, -0.15) is 5.26 Å². The minimum Gasteiger partial charge on any atom is -0.496 e. The summed E-state index contributed by atoms with van der Waals surface area (Å²) in [5.41, 5.74) is 5.04. The van der Waals surface area contributed by atoms with Crippen LogP contribution < -0.4 is 10.1 Å². The molecule has 0 spiro atoms. The Balaban J connectivity index is 3.20. The van der Waals surface area contributed by atoms with Gasteiger partial charge in [-0.3, -0.25) is 0 Å². The Hall–Kier alpha value is -1.53. The van der Waals surface area contributed by atoms with Gasteiger partial charge in [0.1, 0.15) is 5.75 Å². The first-order chi connectivity index (χ1) is 8.85. The minimum atomic E-state index is -0.0119. The molecule has 0 saturated heterocycles. The molecule has 1 N–H and O–H groups in total. The molecule has 0 atom stereocenters. The molecule has 0 aromatic heterocycles. The van der Waals surface area contributed by atoms with E-state index in [2.05, 4.69) is 52.1 Å². The number of benzene rings is 1. The Labute approximate surface area is 116 Å². The lowest BCUT2D eigenvalue weighted by Gasteiger charge is -2.30. The summed E-state index contributed by atoms with van der Waals surface area (Å²) in [6, 6.07) is 4.22. The molecule has 3 nitrogen and oxygen atoms in total. The van der Waals surface area contributed by atoms with Crippen LogP contribution in [0.4, 0.5) is 0 Å². The second-order valence-corrected chi connectivity index (χ2v) is 5.67. The number of methoxy groups -OCH3 is 1. The zero-order chi connectivity index (χ0) is 14.6. The molecule has 1 rings (SSSR count). The van der Waals surface area contributed by atoms with Gasteiger partial charge in [0.25, 0.3) is 0 Å². The maximum absolute atomic E-state index is 8.63. The fourth-order valence-electron chi connectivity index (χ4n) is 2.82. The highest BCUT2D eigenvalue weighted by molar-refractivity contribution is 5.51. The molecule has 0 saturated carbocycles. The number of ether oxygens (including phenoxy) is 1. The number of hydrogen-bond acceptors (Lipinski definition) is 3. The van der Waals surface area contributed by atoms with Crippen molar-refractivity contribution >= 4 is 0 Å². The number of nitrogens with one attached hydrogen (secondary N) is 1. The van der Waals surface area contributed by atoms with Crippen molar-refractivity contribution in [2.45, 2.75) is 40.0 Å². The highest BCUT2D eigenvalue weighted by Gasteiger charge is 2.26. The molecular formula is C16H24N2O. The molecule has 1 aromatic rings. The van der Waals surface area contributed by atoms with Gasteiger partial charge in [0.15, 0.2) is 0 Å². The second kappa shape index (κ2) is 6.08.